The van der Waals surface area contributed by atoms with Crippen LogP contribution in [0.2, 0.25) is 0 Å². The van der Waals surface area contributed by atoms with Crippen molar-refractivity contribution in [2.75, 3.05) is 31.1 Å². The first-order valence-corrected chi connectivity index (χ1v) is 6.21. The van der Waals surface area contributed by atoms with Crippen molar-refractivity contribution in [3.63, 3.8) is 0 Å². The third-order valence-electron chi connectivity index (χ3n) is 3.40. The van der Waals surface area contributed by atoms with Gasteiger partial charge < -0.3 is 15.4 Å². The first-order valence-electron chi connectivity index (χ1n) is 6.21. The lowest BCUT2D eigenvalue weighted by molar-refractivity contribution is 0.338. The van der Waals surface area contributed by atoms with Crippen molar-refractivity contribution in [2.45, 2.75) is 20.3 Å². The molecule has 2 N–H and O–H groups in total. The maximum atomic E-state index is 5.83. The van der Waals surface area contributed by atoms with Gasteiger partial charge in [0, 0.05) is 19.3 Å². The molecule has 0 bridgehead atoms. The monoisotopic (exact) mass is 235 g/mol. The van der Waals surface area contributed by atoms with Gasteiger partial charge in [-0.3, -0.25) is 0 Å². The van der Waals surface area contributed by atoms with E-state index in [2.05, 4.69) is 16.8 Å². The molecule has 0 spiro atoms. The summed E-state index contributed by atoms with van der Waals surface area (Å²) in [5, 5.41) is 0. The second kappa shape index (κ2) is 4.92. The molecule has 0 amide bonds. The Kier molecular flexibility index (Phi) is 3.52. The molecule has 4 nitrogen and oxygen atoms in total. The van der Waals surface area contributed by atoms with Crippen molar-refractivity contribution < 1.29 is 4.74 Å². The Balaban J connectivity index is 2.18. The molecule has 1 aliphatic heterocycles. The van der Waals surface area contributed by atoms with Crippen molar-refractivity contribution in [2.24, 2.45) is 11.1 Å². The average molecular weight is 235 g/mol. The quantitative estimate of drug-likeness (QED) is 0.862. The van der Waals surface area contributed by atoms with Gasteiger partial charge in [0.05, 0.1) is 6.61 Å². The summed E-state index contributed by atoms with van der Waals surface area (Å²) in [7, 11) is 0. The van der Waals surface area contributed by atoms with Crippen molar-refractivity contribution in [1.29, 1.82) is 0 Å². The van der Waals surface area contributed by atoms with Crippen molar-refractivity contribution in [1.82, 2.24) is 4.98 Å². The standard InChI is InChI=1S/C13H21N3O/c1-3-17-11-5-4-7-15-12(11)16-8-6-13(2,9-14)10-16/h4-5,7H,3,6,8-10,14H2,1-2H3. The zero-order valence-corrected chi connectivity index (χ0v) is 10.6. The Labute approximate surface area is 103 Å². The van der Waals surface area contributed by atoms with Gasteiger partial charge in [0.25, 0.3) is 0 Å². The molecule has 1 aromatic rings. The SMILES string of the molecule is CCOc1cccnc1N1CCC(C)(CN)C1. The highest BCUT2D eigenvalue weighted by atomic mass is 16.5. The Morgan fingerprint density at radius 2 is 2.41 bits per heavy atom. The lowest BCUT2D eigenvalue weighted by atomic mass is 9.90. The molecule has 94 valence electrons. The summed E-state index contributed by atoms with van der Waals surface area (Å²) in [6, 6.07) is 3.89. The second-order valence-corrected chi connectivity index (χ2v) is 4.94. The molecular formula is C13H21N3O. The van der Waals surface area contributed by atoms with Crippen LogP contribution < -0.4 is 15.4 Å². The van der Waals surface area contributed by atoms with Crippen LogP contribution in [0.4, 0.5) is 5.82 Å². The van der Waals surface area contributed by atoms with Crippen LogP contribution in [0.5, 0.6) is 5.75 Å². The number of aromatic nitrogens is 1. The zero-order chi connectivity index (χ0) is 12.3. The predicted molar refractivity (Wildman–Crippen MR) is 69.4 cm³/mol. The molecule has 2 rings (SSSR count). The Morgan fingerprint density at radius 1 is 1.59 bits per heavy atom. The molecule has 17 heavy (non-hydrogen) atoms. The number of rotatable bonds is 4. The fraction of sp³-hybridized carbons (Fsp3) is 0.615. The van der Waals surface area contributed by atoms with Crippen molar-refractivity contribution in [3.8, 4) is 5.75 Å². The summed E-state index contributed by atoms with van der Waals surface area (Å²) >= 11 is 0. The van der Waals surface area contributed by atoms with Gasteiger partial charge in [-0.1, -0.05) is 6.92 Å². The van der Waals surface area contributed by atoms with Gasteiger partial charge in [0.2, 0.25) is 0 Å². The van der Waals surface area contributed by atoms with Crippen LogP contribution in [0, 0.1) is 5.41 Å². The molecule has 1 atom stereocenters. The van der Waals surface area contributed by atoms with E-state index in [1.165, 1.54) is 0 Å². The van der Waals surface area contributed by atoms with Crippen molar-refractivity contribution >= 4 is 5.82 Å². The molecule has 1 fully saturated rings. The summed E-state index contributed by atoms with van der Waals surface area (Å²) in [5.41, 5.74) is 6.04. The molecule has 1 aromatic heterocycles. The first kappa shape index (κ1) is 12.2. The van der Waals surface area contributed by atoms with Gasteiger partial charge in [0.15, 0.2) is 11.6 Å². The minimum absolute atomic E-state index is 0.209. The normalized spacial score (nSPS) is 24.1. The Bertz CT molecular complexity index is 383. The maximum Gasteiger partial charge on any atom is 0.171 e. The van der Waals surface area contributed by atoms with Crippen LogP contribution >= 0.6 is 0 Å². The third kappa shape index (κ3) is 2.52. The van der Waals surface area contributed by atoms with E-state index < -0.39 is 0 Å². The van der Waals surface area contributed by atoms with Gasteiger partial charge in [-0.2, -0.15) is 0 Å². The lowest BCUT2D eigenvalue weighted by Crippen LogP contribution is -2.31. The zero-order valence-electron chi connectivity index (χ0n) is 10.6. The summed E-state index contributed by atoms with van der Waals surface area (Å²) < 4.78 is 5.62. The van der Waals surface area contributed by atoms with Crippen LogP contribution in [0.25, 0.3) is 0 Å². The number of nitrogens with zero attached hydrogens (tertiary/aromatic N) is 2. The maximum absolute atomic E-state index is 5.83. The van der Waals surface area contributed by atoms with Crippen molar-refractivity contribution in [3.05, 3.63) is 18.3 Å². The summed E-state index contributed by atoms with van der Waals surface area (Å²) in [6.07, 6.45) is 2.93. The van der Waals surface area contributed by atoms with Crippen LogP contribution in [0.3, 0.4) is 0 Å². The van der Waals surface area contributed by atoms with E-state index in [1.54, 1.807) is 0 Å². The second-order valence-electron chi connectivity index (χ2n) is 4.94. The van der Waals surface area contributed by atoms with Gasteiger partial charge in [-0.05, 0) is 37.4 Å². The van der Waals surface area contributed by atoms with E-state index in [0.717, 1.165) is 37.6 Å². The molecular weight excluding hydrogens is 214 g/mol. The van der Waals surface area contributed by atoms with Crippen LogP contribution in [-0.2, 0) is 0 Å². The topological polar surface area (TPSA) is 51.4 Å². The molecule has 2 heterocycles. The van der Waals surface area contributed by atoms with Gasteiger partial charge >= 0.3 is 0 Å². The number of anilines is 1. The van der Waals surface area contributed by atoms with E-state index in [-0.39, 0.29) is 5.41 Å². The molecule has 1 saturated heterocycles. The molecule has 0 aromatic carbocycles. The van der Waals surface area contributed by atoms with Crippen LogP contribution in [-0.4, -0.2) is 31.2 Å². The summed E-state index contributed by atoms with van der Waals surface area (Å²) in [5.74, 6) is 1.82. The molecule has 0 saturated carbocycles. The number of ether oxygens (including phenoxy) is 1. The molecule has 4 heteroatoms. The molecule has 0 aliphatic carbocycles. The average Bonchev–Trinajstić information content (AvgIpc) is 2.74. The van der Waals surface area contributed by atoms with Gasteiger partial charge in [-0.25, -0.2) is 4.98 Å². The Morgan fingerprint density at radius 3 is 3.06 bits per heavy atom. The number of pyridine rings is 1. The van der Waals surface area contributed by atoms with Gasteiger partial charge in [-0.15, -0.1) is 0 Å². The highest BCUT2D eigenvalue weighted by Gasteiger charge is 2.34. The molecule has 1 aliphatic rings. The van der Waals surface area contributed by atoms with E-state index in [0.29, 0.717) is 6.61 Å². The van der Waals surface area contributed by atoms with Crippen LogP contribution in [0.1, 0.15) is 20.3 Å². The fourth-order valence-corrected chi connectivity index (χ4v) is 2.26. The number of hydrogen-bond acceptors (Lipinski definition) is 4. The highest BCUT2D eigenvalue weighted by molar-refractivity contribution is 5.53. The van der Waals surface area contributed by atoms with Crippen LogP contribution in [0.15, 0.2) is 18.3 Å². The lowest BCUT2D eigenvalue weighted by Gasteiger charge is -2.24. The predicted octanol–water partition coefficient (Wildman–Crippen LogP) is 1.66. The van der Waals surface area contributed by atoms with E-state index >= 15 is 0 Å². The first-order chi connectivity index (χ1) is 8.18. The highest BCUT2D eigenvalue weighted by Crippen LogP contribution is 2.35. The minimum Gasteiger partial charge on any atom is -0.490 e. The van der Waals surface area contributed by atoms with E-state index in [9.17, 15) is 0 Å². The number of hydrogen-bond donors (Lipinski definition) is 1. The third-order valence-corrected chi connectivity index (χ3v) is 3.40. The fourth-order valence-electron chi connectivity index (χ4n) is 2.26. The summed E-state index contributed by atoms with van der Waals surface area (Å²) in [4.78, 5) is 6.71. The summed E-state index contributed by atoms with van der Waals surface area (Å²) in [6.45, 7) is 7.58. The largest absolute Gasteiger partial charge is 0.490 e. The molecule has 1 unspecified atom stereocenters. The number of nitrogens with two attached hydrogens (primary N) is 1. The van der Waals surface area contributed by atoms with E-state index in [1.807, 2.05) is 25.3 Å². The minimum atomic E-state index is 0.209. The Hall–Kier alpha value is -1.29. The van der Waals surface area contributed by atoms with E-state index in [4.69, 9.17) is 10.5 Å². The molecule has 0 radical (unpaired) electrons. The van der Waals surface area contributed by atoms with Gasteiger partial charge in [0.1, 0.15) is 0 Å². The smallest absolute Gasteiger partial charge is 0.171 e.